The Morgan fingerprint density at radius 2 is 1.13 bits per heavy atom. The lowest BCUT2D eigenvalue weighted by Gasteiger charge is -2.33. The molecule has 0 N–H and O–H groups in total. The van der Waals surface area contributed by atoms with E-state index >= 15 is 0 Å². The van der Waals surface area contributed by atoms with E-state index in [4.69, 9.17) is 0 Å². The molecule has 0 bridgehead atoms. The molecular formula is C14H24O. The van der Waals surface area contributed by atoms with Gasteiger partial charge in [-0.15, -0.1) is 0 Å². The molecule has 15 heavy (non-hydrogen) atoms. The van der Waals surface area contributed by atoms with Gasteiger partial charge in [0.25, 0.3) is 0 Å². The Labute approximate surface area is 93.6 Å². The summed E-state index contributed by atoms with van der Waals surface area (Å²) in [5.74, 6) is 0.615. The first-order chi connectivity index (χ1) is 7.33. The quantitative estimate of drug-likeness (QED) is 0.581. The van der Waals surface area contributed by atoms with Gasteiger partial charge >= 0.3 is 0 Å². The maximum Gasteiger partial charge on any atom is 0.139 e. The van der Waals surface area contributed by atoms with Gasteiger partial charge in [-0.25, -0.2) is 0 Å². The highest BCUT2D eigenvalue weighted by Gasteiger charge is 2.37. The van der Waals surface area contributed by atoms with E-state index in [0.717, 1.165) is 12.8 Å². The van der Waals surface area contributed by atoms with E-state index in [2.05, 4.69) is 0 Å². The van der Waals surface area contributed by atoms with Crippen molar-refractivity contribution in [2.45, 2.75) is 77.0 Å². The highest BCUT2D eigenvalue weighted by atomic mass is 16.1. The number of Topliss-reactive ketones (excluding diaryl/α,β-unsaturated/α-hetero) is 1. The summed E-state index contributed by atoms with van der Waals surface area (Å²) in [7, 11) is 0. The number of hydrogen-bond donors (Lipinski definition) is 0. The monoisotopic (exact) mass is 208 g/mol. The molecule has 2 aliphatic carbocycles. The lowest BCUT2D eigenvalue weighted by Crippen LogP contribution is -2.31. The smallest absolute Gasteiger partial charge is 0.139 e. The van der Waals surface area contributed by atoms with E-state index < -0.39 is 0 Å². The zero-order valence-corrected chi connectivity index (χ0v) is 9.89. The maximum atomic E-state index is 12.3. The van der Waals surface area contributed by atoms with Gasteiger partial charge in [0.15, 0.2) is 0 Å². The van der Waals surface area contributed by atoms with Crippen LogP contribution in [0.25, 0.3) is 0 Å². The largest absolute Gasteiger partial charge is 0.299 e. The van der Waals surface area contributed by atoms with Gasteiger partial charge in [0.05, 0.1) is 0 Å². The Morgan fingerprint density at radius 1 is 0.667 bits per heavy atom. The third-order valence-corrected chi connectivity index (χ3v) is 4.46. The second-order valence-electron chi connectivity index (χ2n) is 5.53. The van der Waals surface area contributed by atoms with Crippen molar-refractivity contribution in [2.24, 2.45) is 5.41 Å². The third-order valence-electron chi connectivity index (χ3n) is 4.46. The summed E-state index contributed by atoms with van der Waals surface area (Å²) < 4.78 is 0. The Kier molecular flexibility index (Phi) is 3.82. The van der Waals surface area contributed by atoms with E-state index in [0.29, 0.717) is 5.78 Å². The highest BCUT2D eigenvalue weighted by Crippen LogP contribution is 2.42. The molecule has 0 saturated heterocycles. The van der Waals surface area contributed by atoms with Crippen molar-refractivity contribution in [1.82, 2.24) is 0 Å². The van der Waals surface area contributed by atoms with Gasteiger partial charge in [0, 0.05) is 11.8 Å². The molecule has 2 aliphatic rings. The molecule has 0 aromatic heterocycles. The summed E-state index contributed by atoms with van der Waals surface area (Å²) in [5, 5.41) is 0. The molecule has 0 aromatic carbocycles. The molecular weight excluding hydrogens is 184 g/mol. The van der Waals surface area contributed by atoms with Crippen molar-refractivity contribution >= 4 is 5.78 Å². The highest BCUT2D eigenvalue weighted by molar-refractivity contribution is 5.84. The number of ketones is 1. The summed E-state index contributed by atoms with van der Waals surface area (Å²) >= 11 is 0. The topological polar surface area (TPSA) is 17.1 Å². The molecule has 0 aromatic rings. The number of carbonyl (C=O) groups excluding carboxylic acids is 1. The minimum absolute atomic E-state index is 0.136. The molecule has 0 amide bonds. The zero-order valence-electron chi connectivity index (χ0n) is 9.89. The van der Waals surface area contributed by atoms with Crippen LogP contribution in [0.4, 0.5) is 0 Å². The lowest BCUT2D eigenvalue weighted by atomic mass is 9.70. The maximum absolute atomic E-state index is 12.3. The molecule has 2 rings (SSSR count). The molecule has 0 radical (unpaired) electrons. The predicted molar refractivity (Wildman–Crippen MR) is 62.8 cm³/mol. The van der Waals surface area contributed by atoms with Crippen LogP contribution in [0, 0.1) is 5.41 Å². The van der Waals surface area contributed by atoms with Crippen LogP contribution in [0.2, 0.25) is 0 Å². The van der Waals surface area contributed by atoms with Crippen LogP contribution in [0.3, 0.4) is 0 Å². The normalized spacial score (nSPS) is 28.1. The number of rotatable bonds is 0. The van der Waals surface area contributed by atoms with Crippen molar-refractivity contribution in [3.63, 3.8) is 0 Å². The third kappa shape index (κ3) is 2.62. The van der Waals surface area contributed by atoms with Crippen LogP contribution < -0.4 is 0 Å². The molecule has 0 heterocycles. The van der Waals surface area contributed by atoms with Crippen molar-refractivity contribution in [2.75, 3.05) is 0 Å². The molecule has 1 nitrogen and oxygen atoms in total. The Balaban J connectivity index is 2.08. The van der Waals surface area contributed by atoms with Crippen LogP contribution in [-0.4, -0.2) is 5.78 Å². The van der Waals surface area contributed by atoms with Gasteiger partial charge in [-0.2, -0.15) is 0 Å². The second-order valence-corrected chi connectivity index (χ2v) is 5.53. The molecule has 1 heteroatoms. The summed E-state index contributed by atoms with van der Waals surface area (Å²) in [6.45, 7) is 0. The number of hydrogen-bond acceptors (Lipinski definition) is 1. The van der Waals surface area contributed by atoms with Gasteiger partial charge in [-0.05, 0) is 25.7 Å². The van der Waals surface area contributed by atoms with E-state index in [-0.39, 0.29) is 5.41 Å². The van der Waals surface area contributed by atoms with Gasteiger partial charge in [0.1, 0.15) is 5.78 Å². The summed E-state index contributed by atoms with van der Waals surface area (Å²) in [5.41, 5.74) is 0.136. The molecule has 0 atom stereocenters. The average molecular weight is 208 g/mol. The van der Waals surface area contributed by atoms with Gasteiger partial charge in [0.2, 0.25) is 0 Å². The Morgan fingerprint density at radius 3 is 1.67 bits per heavy atom. The second kappa shape index (κ2) is 5.14. The fourth-order valence-electron chi connectivity index (χ4n) is 3.44. The van der Waals surface area contributed by atoms with Gasteiger partial charge < -0.3 is 0 Å². The first-order valence-electron chi connectivity index (χ1n) is 6.87. The van der Waals surface area contributed by atoms with Gasteiger partial charge in [-0.1, -0.05) is 44.9 Å². The fraction of sp³-hybridized carbons (Fsp3) is 0.929. The van der Waals surface area contributed by atoms with Crippen molar-refractivity contribution in [3.05, 3.63) is 0 Å². The summed E-state index contributed by atoms with van der Waals surface area (Å²) in [4.78, 5) is 12.3. The summed E-state index contributed by atoms with van der Waals surface area (Å²) in [6, 6.07) is 0. The van der Waals surface area contributed by atoms with Crippen LogP contribution >= 0.6 is 0 Å². The molecule has 86 valence electrons. The van der Waals surface area contributed by atoms with Crippen molar-refractivity contribution in [1.29, 1.82) is 0 Å². The molecule has 1 spiro atoms. The van der Waals surface area contributed by atoms with Crippen LogP contribution in [0.1, 0.15) is 77.0 Å². The van der Waals surface area contributed by atoms with Crippen LogP contribution in [0.5, 0.6) is 0 Å². The fourth-order valence-corrected chi connectivity index (χ4v) is 3.44. The Hall–Kier alpha value is -0.330. The minimum atomic E-state index is 0.136. The van der Waals surface area contributed by atoms with E-state index in [1.54, 1.807) is 0 Å². The zero-order chi connectivity index (χ0) is 10.6. The molecule has 0 aliphatic heterocycles. The van der Waals surface area contributed by atoms with Crippen LogP contribution in [0.15, 0.2) is 0 Å². The van der Waals surface area contributed by atoms with E-state index in [1.807, 2.05) is 0 Å². The number of carbonyl (C=O) groups is 1. The van der Waals surface area contributed by atoms with E-state index in [9.17, 15) is 4.79 Å². The minimum Gasteiger partial charge on any atom is -0.299 e. The molecule has 2 fully saturated rings. The van der Waals surface area contributed by atoms with Crippen molar-refractivity contribution in [3.8, 4) is 0 Å². The SMILES string of the molecule is O=C1CCCCCCC12CCCCCC2. The Bertz CT molecular complexity index is 211. The van der Waals surface area contributed by atoms with Crippen LogP contribution in [-0.2, 0) is 4.79 Å². The van der Waals surface area contributed by atoms with Crippen molar-refractivity contribution < 1.29 is 4.79 Å². The molecule has 2 saturated carbocycles. The first kappa shape index (κ1) is 11.2. The molecule has 0 unspecified atom stereocenters. The lowest BCUT2D eigenvalue weighted by molar-refractivity contribution is -0.130. The average Bonchev–Trinajstić information content (AvgIpc) is 2.47. The summed E-state index contributed by atoms with van der Waals surface area (Å²) in [6.07, 6.45) is 14.9. The predicted octanol–water partition coefficient (Wildman–Crippen LogP) is 4.25. The first-order valence-corrected chi connectivity index (χ1v) is 6.87. The van der Waals surface area contributed by atoms with Gasteiger partial charge in [-0.3, -0.25) is 4.79 Å². The van der Waals surface area contributed by atoms with E-state index in [1.165, 1.54) is 64.2 Å². The standard InChI is InChI=1S/C14H24O/c15-13-9-5-1-2-6-10-14(13)11-7-3-4-8-12-14/h1-12H2.